The van der Waals surface area contributed by atoms with Gasteiger partial charge in [-0.3, -0.25) is 9.59 Å². The predicted octanol–water partition coefficient (Wildman–Crippen LogP) is 4.81. The number of benzene rings is 1. The van der Waals surface area contributed by atoms with Crippen molar-refractivity contribution in [3.8, 4) is 17.2 Å². The summed E-state index contributed by atoms with van der Waals surface area (Å²) in [4.78, 5) is 28.1. The van der Waals surface area contributed by atoms with Crippen molar-refractivity contribution in [2.24, 2.45) is 11.8 Å². The molecule has 1 N–H and O–H groups in total. The van der Waals surface area contributed by atoms with Crippen molar-refractivity contribution in [1.29, 1.82) is 0 Å². The summed E-state index contributed by atoms with van der Waals surface area (Å²) in [6.07, 6.45) is 4.53. The Bertz CT molecular complexity index is 1250. The van der Waals surface area contributed by atoms with Gasteiger partial charge in [0.05, 0.1) is 5.60 Å². The van der Waals surface area contributed by atoms with Crippen molar-refractivity contribution >= 4 is 11.6 Å². The van der Waals surface area contributed by atoms with Crippen LogP contribution in [0.15, 0.2) is 29.4 Å². The number of hydrogen-bond acceptors (Lipinski definition) is 6. The van der Waals surface area contributed by atoms with Crippen LogP contribution in [-0.4, -0.2) is 39.6 Å². The fraction of sp³-hybridized carbons (Fsp3) is 0.571. The molecule has 0 aromatic heterocycles. The van der Waals surface area contributed by atoms with Crippen LogP contribution in [0.2, 0.25) is 0 Å². The van der Waals surface area contributed by atoms with Gasteiger partial charge in [-0.15, -0.1) is 0 Å². The molecular formula is C28H32O6. The average Bonchev–Trinajstić information content (AvgIpc) is 3.05. The lowest BCUT2D eigenvalue weighted by molar-refractivity contribution is -0.171. The van der Waals surface area contributed by atoms with E-state index in [1.807, 2.05) is 40.7 Å². The van der Waals surface area contributed by atoms with Crippen LogP contribution in [-0.2, 0) is 14.9 Å². The normalized spacial score (nSPS) is 37.3. The standard InChI is InChI=1S/C28H32O6/c1-13(2)8-9-27-24(31)15-10-16-22(30)20-17(29)12-18-21(25(4,5)14(3)32-18)23(20)33-28(16,27)19(11-15)26(6,7)34-27/h8,10,12,14-15,19,29H,9,11H2,1-7H3/t14-,15+,19?,27-,28+/m0/s1. The van der Waals surface area contributed by atoms with Crippen LogP contribution in [0, 0.1) is 11.8 Å². The molecule has 0 amide bonds. The first kappa shape index (κ1) is 21.9. The second-order valence-electron chi connectivity index (χ2n) is 12.0. The summed E-state index contributed by atoms with van der Waals surface area (Å²) >= 11 is 0. The summed E-state index contributed by atoms with van der Waals surface area (Å²) < 4.78 is 19.8. The van der Waals surface area contributed by atoms with Gasteiger partial charge >= 0.3 is 0 Å². The number of carbonyl (C=O) groups excluding carboxylic acids is 2. The fourth-order valence-corrected chi connectivity index (χ4v) is 7.16. The topological polar surface area (TPSA) is 82.1 Å². The number of carbonyl (C=O) groups is 2. The predicted molar refractivity (Wildman–Crippen MR) is 126 cm³/mol. The zero-order valence-electron chi connectivity index (χ0n) is 20.9. The molecule has 0 radical (unpaired) electrons. The molecule has 1 saturated heterocycles. The summed E-state index contributed by atoms with van der Waals surface area (Å²) in [6, 6.07) is 1.53. The molecule has 3 aliphatic heterocycles. The Balaban J connectivity index is 1.68. The van der Waals surface area contributed by atoms with E-state index >= 15 is 0 Å². The van der Waals surface area contributed by atoms with E-state index in [0.29, 0.717) is 29.9 Å². The van der Waals surface area contributed by atoms with Crippen LogP contribution in [0.5, 0.6) is 17.2 Å². The molecule has 3 aliphatic carbocycles. The highest BCUT2D eigenvalue weighted by atomic mass is 16.6. The smallest absolute Gasteiger partial charge is 0.200 e. The lowest BCUT2D eigenvalue weighted by atomic mass is 9.51. The number of ether oxygens (including phenoxy) is 3. The van der Waals surface area contributed by atoms with Gasteiger partial charge in [0.1, 0.15) is 28.9 Å². The van der Waals surface area contributed by atoms with Crippen LogP contribution >= 0.6 is 0 Å². The molecule has 3 heterocycles. The number of aromatic hydroxyl groups is 1. The van der Waals surface area contributed by atoms with Crippen LogP contribution in [0.4, 0.5) is 0 Å². The summed E-state index contributed by atoms with van der Waals surface area (Å²) in [5, 5.41) is 10.9. The molecular weight excluding hydrogens is 432 g/mol. The number of fused-ring (bicyclic) bond motifs is 3. The first-order valence-electron chi connectivity index (χ1n) is 12.2. The molecule has 34 heavy (non-hydrogen) atoms. The third kappa shape index (κ3) is 2.22. The molecule has 1 saturated carbocycles. The SMILES string of the molecule is CC(C)=CC[C@@]12OC(C)(C)C3C[C@@H](C=C4C(=O)c5c(O)cc6c(c5O[C@]431)C(C)(C)[C@H](C)O6)C2=O. The quantitative estimate of drug-likeness (QED) is 0.633. The van der Waals surface area contributed by atoms with E-state index in [0.717, 1.165) is 11.1 Å². The molecule has 1 spiro atoms. The Kier molecular flexibility index (Phi) is 3.96. The Morgan fingerprint density at radius 2 is 1.91 bits per heavy atom. The molecule has 1 aromatic carbocycles. The number of phenolic OH excluding ortho intramolecular Hbond substituents is 1. The van der Waals surface area contributed by atoms with Crippen molar-refractivity contribution in [3.63, 3.8) is 0 Å². The number of Topliss-reactive ketones (excluding diaryl/α,β-unsaturated/α-hetero) is 2. The highest BCUT2D eigenvalue weighted by Gasteiger charge is 2.81. The molecule has 2 fully saturated rings. The Hall–Kier alpha value is -2.60. The van der Waals surface area contributed by atoms with E-state index in [2.05, 4.69) is 13.8 Å². The monoisotopic (exact) mass is 464 g/mol. The van der Waals surface area contributed by atoms with Gasteiger partial charge in [0, 0.05) is 40.9 Å². The van der Waals surface area contributed by atoms with Gasteiger partial charge in [-0.1, -0.05) is 31.6 Å². The van der Waals surface area contributed by atoms with Crippen LogP contribution in [0.3, 0.4) is 0 Å². The van der Waals surface area contributed by atoms with E-state index in [-0.39, 0.29) is 34.9 Å². The van der Waals surface area contributed by atoms with Crippen molar-refractivity contribution in [1.82, 2.24) is 0 Å². The molecule has 7 rings (SSSR count). The minimum atomic E-state index is -1.30. The second-order valence-corrected chi connectivity index (χ2v) is 12.0. The lowest BCUT2D eigenvalue weighted by Gasteiger charge is -2.56. The molecule has 6 heteroatoms. The maximum absolute atomic E-state index is 14.1. The van der Waals surface area contributed by atoms with Crippen molar-refractivity contribution < 1.29 is 28.9 Å². The Labute approximate surface area is 200 Å². The van der Waals surface area contributed by atoms with Crippen molar-refractivity contribution in [2.45, 2.75) is 89.6 Å². The summed E-state index contributed by atoms with van der Waals surface area (Å²) in [7, 11) is 0. The minimum absolute atomic E-state index is 0.0208. The summed E-state index contributed by atoms with van der Waals surface area (Å²) in [5.74, 6) is -0.182. The molecule has 1 aromatic rings. The second kappa shape index (κ2) is 6.14. The summed E-state index contributed by atoms with van der Waals surface area (Å²) in [5.41, 5.74) is -1.22. The van der Waals surface area contributed by atoms with Crippen LogP contribution in [0.25, 0.3) is 0 Å². The third-order valence-corrected chi connectivity index (χ3v) is 9.08. The highest BCUT2D eigenvalue weighted by Crippen LogP contribution is 2.69. The molecule has 180 valence electrons. The van der Waals surface area contributed by atoms with Gasteiger partial charge in [-0.2, -0.15) is 0 Å². The number of rotatable bonds is 2. The molecule has 1 unspecified atom stereocenters. The largest absolute Gasteiger partial charge is 0.507 e. The Morgan fingerprint density at radius 1 is 1.21 bits per heavy atom. The molecule has 4 bridgehead atoms. The van der Waals surface area contributed by atoms with Gasteiger partial charge in [-0.05, 0) is 41.0 Å². The van der Waals surface area contributed by atoms with E-state index in [9.17, 15) is 14.7 Å². The van der Waals surface area contributed by atoms with E-state index in [4.69, 9.17) is 14.2 Å². The number of ketones is 2. The zero-order chi connectivity index (χ0) is 24.6. The summed E-state index contributed by atoms with van der Waals surface area (Å²) in [6.45, 7) is 14.0. The zero-order valence-corrected chi connectivity index (χ0v) is 20.9. The maximum atomic E-state index is 14.1. The van der Waals surface area contributed by atoms with Gasteiger partial charge in [0.15, 0.2) is 22.8 Å². The first-order chi connectivity index (χ1) is 15.8. The van der Waals surface area contributed by atoms with Crippen molar-refractivity contribution in [3.05, 3.63) is 40.5 Å². The van der Waals surface area contributed by atoms with Crippen LogP contribution < -0.4 is 9.47 Å². The van der Waals surface area contributed by atoms with Gasteiger partial charge in [0.25, 0.3) is 0 Å². The van der Waals surface area contributed by atoms with Crippen molar-refractivity contribution in [2.75, 3.05) is 0 Å². The van der Waals surface area contributed by atoms with E-state index in [1.165, 1.54) is 6.07 Å². The molecule has 6 aliphatic rings. The molecule has 6 nitrogen and oxygen atoms in total. The maximum Gasteiger partial charge on any atom is 0.200 e. The van der Waals surface area contributed by atoms with Gasteiger partial charge < -0.3 is 19.3 Å². The third-order valence-electron chi connectivity index (χ3n) is 9.08. The highest BCUT2D eigenvalue weighted by molar-refractivity contribution is 6.18. The van der Waals surface area contributed by atoms with Crippen LogP contribution in [0.1, 0.15) is 77.2 Å². The molecule has 5 atom stereocenters. The number of hydrogen-bond donors (Lipinski definition) is 1. The minimum Gasteiger partial charge on any atom is -0.507 e. The fourth-order valence-electron chi connectivity index (χ4n) is 7.16. The first-order valence-corrected chi connectivity index (χ1v) is 12.2. The van der Waals surface area contributed by atoms with Gasteiger partial charge in [0.2, 0.25) is 0 Å². The average molecular weight is 465 g/mol. The number of allylic oxidation sites excluding steroid dienone is 2. The van der Waals surface area contributed by atoms with E-state index < -0.39 is 28.1 Å². The van der Waals surface area contributed by atoms with E-state index in [1.54, 1.807) is 6.08 Å². The Morgan fingerprint density at radius 3 is 2.59 bits per heavy atom. The van der Waals surface area contributed by atoms with Gasteiger partial charge in [-0.25, -0.2) is 0 Å². The lowest BCUT2D eigenvalue weighted by Crippen LogP contribution is -2.72. The number of phenols is 1.